The van der Waals surface area contributed by atoms with Crippen molar-refractivity contribution in [2.45, 2.75) is 13.1 Å². The van der Waals surface area contributed by atoms with Gasteiger partial charge in [-0.3, -0.25) is 9.59 Å². The van der Waals surface area contributed by atoms with Gasteiger partial charge in [0.2, 0.25) is 5.91 Å². The number of likely N-dealkylation sites (N-methyl/N-ethyl adjacent to an activating group) is 1. The first-order valence-electron chi connectivity index (χ1n) is 8.43. The zero-order chi connectivity index (χ0) is 21.6. The molecular formula is C19H17Cl2F3N2O3. The molecule has 0 aliphatic rings. The van der Waals surface area contributed by atoms with Crippen molar-refractivity contribution in [1.29, 1.82) is 0 Å². The zero-order valence-corrected chi connectivity index (χ0v) is 16.7. The van der Waals surface area contributed by atoms with E-state index in [1.54, 1.807) is 25.1 Å². The quantitative estimate of drug-likeness (QED) is 0.645. The number of carbonyl (C=O) groups excluding carboxylic acids is 2. The predicted molar refractivity (Wildman–Crippen MR) is 105 cm³/mol. The highest BCUT2D eigenvalue weighted by molar-refractivity contribution is 6.39. The fraction of sp³-hybridized carbons (Fsp3) is 0.263. The average molecular weight is 449 g/mol. The summed E-state index contributed by atoms with van der Waals surface area (Å²) in [5.41, 5.74) is 0.449. The molecular weight excluding hydrogens is 432 g/mol. The van der Waals surface area contributed by atoms with Crippen LogP contribution in [0.5, 0.6) is 5.75 Å². The first kappa shape index (κ1) is 22.8. The second kappa shape index (κ2) is 9.84. The van der Waals surface area contributed by atoms with Gasteiger partial charge in [0.15, 0.2) is 6.61 Å². The van der Waals surface area contributed by atoms with Gasteiger partial charge in [-0.2, -0.15) is 13.2 Å². The number of nitrogens with one attached hydrogen (secondary N) is 1. The number of ether oxygens (including phenoxy) is 1. The third-order valence-electron chi connectivity index (χ3n) is 3.73. The van der Waals surface area contributed by atoms with Crippen LogP contribution in [-0.4, -0.2) is 42.6 Å². The number of amides is 2. The number of nitrogens with zero attached hydrogens (tertiary/aromatic N) is 1. The molecule has 0 heterocycles. The molecule has 2 aromatic carbocycles. The van der Waals surface area contributed by atoms with Crippen molar-refractivity contribution in [3.63, 3.8) is 0 Å². The number of halogens is 5. The maximum Gasteiger partial charge on any atom is 0.422 e. The van der Waals surface area contributed by atoms with E-state index in [1.807, 2.05) is 0 Å². The van der Waals surface area contributed by atoms with Crippen molar-refractivity contribution >= 4 is 40.7 Å². The summed E-state index contributed by atoms with van der Waals surface area (Å²) in [6, 6.07) is 9.94. The molecule has 0 fully saturated rings. The third kappa shape index (κ3) is 6.83. The second-order valence-electron chi connectivity index (χ2n) is 5.89. The molecule has 0 unspecified atom stereocenters. The van der Waals surface area contributed by atoms with Crippen LogP contribution in [-0.2, 0) is 4.79 Å². The summed E-state index contributed by atoms with van der Waals surface area (Å²) >= 11 is 12.0. The summed E-state index contributed by atoms with van der Waals surface area (Å²) in [5, 5.41) is 3.08. The highest BCUT2D eigenvalue weighted by atomic mass is 35.5. The highest BCUT2D eigenvalue weighted by Gasteiger charge is 2.28. The summed E-state index contributed by atoms with van der Waals surface area (Å²) < 4.78 is 41.2. The number of para-hydroxylation sites is 1. The molecule has 10 heteroatoms. The Balaban J connectivity index is 2.01. The molecule has 29 heavy (non-hydrogen) atoms. The van der Waals surface area contributed by atoms with Crippen LogP contribution in [0.25, 0.3) is 0 Å². The molecule has 2 amide bonds. The molecule has 5 nitrogen and oxygen atoms in total. The number of hydrogen-bond acceptors (Lipinski definition) is 3. The van der Waals surface area contributed by atoms with Crippen molar-refractivity contribution in [1.82, 2.24) is 4.90 Å². The van der Waals surface area contributed by atoms with Crippen molar-refractivity contribution in [3.05, 3.63) is 58.1 Å². The van der Waals surface area contributed by atoms with Gasteiger partial charge in [-0.25, -0.2) is 0 Å². The van der Waals surface area contributed by atoms with Gasteiger partial charge in [-0.1, -0.05) is 29.3 Å². The fourth-order valence-electron chi connectivity index (χ4n) is 2.34. The van der Waals surface area contributed by atoms with E-state index in [4.69, 9.17) is 23.2 Å². The number of hydrogen-bond donors (Lipinski definition) is 1. The molecule has 0 saturated heterocycles. The molecule has 1 N–H and O–H groups in total. The molecule has 2 rings (SSSR count). The smallest absolute Gasteiger partial charge is 0.422 e. The molecule has 0 radical (unpaired) electrons. The van der Waals surface area contributed by atoms with Crippen LogP contribution in [0.15, 0.2) is 42.5 Å². The van der Waals surface area contributed by atoms with Crippen LogP contribution in [0, 0.1) is 0 Å². The van der Waals surface area contributed by atoms with E-state index in [1.165, 1.54) is 29.2 Å². The van der Waals surface area contributed by atoms with Gasteiger partial charge < -0.3 is 15.0 Å². The van der Waals surface area contributed by atoms with Crippen LogP contribution in [0.1, 0.15) is 17.3 Å². The van der Waals surface area contributed by atoms with Gasteiger partial charge in [0.1, 0.15) is 12.3 Å². The standard InChI is InChI=1S/C19H17Cl2F3N2O3/c1-2-26(10-16(27)25-17-14(20)4-3-5-15(17)21)18(28)12-6-8-13(9-7-12)29-11-19(22,23)24/h3-9H,2,10-11H2,1H3,(H,25,27). The summed E-state index contributed by atoms with van der Waals surface area (Å²) in [6.45, 7) is 0.235. The van der Waals surface area contributed by atoms with Crippen LogP contribution in [0.4, 0.5) is 18.9 Å². The Hall–Kier alpha value is -2.45. The van der Waals surface area contributed by atoms with Crippen molar-refractivity contribution in [3.8, 4) is 5.75 Å². The van der Waals surface area contributed by atoms with E-state index < -0.39 is 24.6 Å². The summed E-state index contributed by atoms with van der Waals surface area (Å²) in [4.78, 5) is 26.2. The largest absolute Gasteiger partial charge is 0.484 e. The van der Waals surface area contributed by atoms with E-state index in [0.29, 0.717) is 0 Å². The first-order chi connectivity index (χ1) is 13.6. The Labute approximate surface area is 175 Å². The summed E-state index contributed by atoms with van der Waals surface area (Å²) in [7, 11) is 0. The molecule has 0 spiro atoms. The number of alkyl halides is 3. The summed E-state index contributed by atoms with van der Waals surface area (Å²) in [6.07, 6.45) is -4.45. The van der Waals surface area contributed by atoms with Crippen LogP contribution in [0.2, 0.25) is 10.0 Å². The van der Waals surface area contributed by atoms with Crippen LogP contribution < -0.4 is 10.1 Å². The number of carbonyl (C=O) groups is 2. The van der Waals surface area contributed by atoms with Gasteiger partial charge in [0.05, 0.1) is 15.7 Å². The fourth-order valence-corrected chi connectivity index (χ4v) is 2.83. The molecule has 0 bridgehead atoms. The average Bonchev–Trinajstić information content (AvgIpc) is 2.67. The lowest BCUT2D eigenvalue weighted by molar-refractivity contribution is -0.153. The second-order valence-corrected chi connectivity index (χ2v) is 6.71. The number of anilines is 1. The van der Waals surface area contributed by atoms with Gasteiger partial charge in [0, 0.05) is 12.1 Å². The zero-order valence-electron chi connectivity index (χ0n) is 15.2. The molecule has 0 saturated carbocycles. The minimum atomic E-state index is -4.45. The first-order valence-corrected chi connectivity index (χ1v) is 9.19. The monoisotopic (exact) mass is 448 g/mol. The normalized spacial score (nSPS) is 11.1. The molecule has 0 atom stereocenters. The Bertz CT molecular complexity index is 854. The predicted octanol–water partition coefficient (Wildman–Crippen LogP) is 5.04. The highest BCUT2D eigenvalue weighted by Crippen LogP contribution is 2.29. The molecule has 156 valence electrons. The van der Waals surface area contributed by atoms with E-state index in [0.717, 1.165) is 0 Å². The Morgan fingerprint density at radius 2 is 1.66 bits per heavy atom. The minimum Gasteiger partial charge on any atom is -0.484 e. The van der Waals surface area contributed by atoms with Crippen molar-refractivity contribution in [2.75, 3.05) is 25.0 Å². The van der Waals surface area contributed by atoms with Crippen molar-refractivity contribution < 1.29 is 27.5 Å². The van der Waals surface area contributed by atoms with Gasteiger partial charge >= 0.3 is 6.18 Å². The van der Waals surface area contributed by atoms with Gasteiger partial charge in [-0.05, 0) is 43.3 Å². The Morgan fingerprint density at radius 3 is 2.17 bits per heavy atom. The molecule has 0 aromatic heterocycles. The SMILES string of the molecule is CCN(CC(=O)Nc1c(Cl)cccc1Cl)C(=O)c1ccc(OCC(F)(F)F)cc1. The van der Waals surface area contributed by atoms with E-state index >= 15 is 0 Å². The van der Waals surface area contributed by atoms with Gasteiger partial charge in [0.25, 0.3) is 5.91 Å². The lowest BCUT2D eigenvalue weighted by Crippen LogP contribution is -2.37. The third-order valence-corrected chi connectivity index (χ3v) is 4.36. The van der Waals surface area contributed by atoms with Gasteiger partial charge in [-0.15, -0.1) is 0 Å². The number of benzene rings is 2. The lowest BCUT2D eigenvalue weighted by Gasteiger charge is -2.21. The van der Waals surface area contributed by atoms with Crippen LogP contribution in [0.3, 0.4) is 0 Å². The minimum absolute atomic E-state index is 0.0203. The number of rotatable bonds is 7. The Kier molecular flexibility index (Phi) is 7.75. The van der Waals surface area contributed by atoms with E-state index in [9.17, 15) is 22.8 Å². The summed E-state index contributed by atoms with van der Waals surface area (Å²) in [5.74, 6) is -0.983. The molecule has 2 aromatic rings. The maximum atomic E-state index is 12.6. The van der Waals surface area contributed by atoms with Crippen LogP contribution >= 0.6 is 23.2 Å². The topological polar surface area (TPSA) is 58.6 Å². The maximum absolute atomic E-state index is 12.6. The molecule has 0 aliphatic heterocycles. The van der Waals surface area contributed by atoms with E-state index in [2.05, 4.69) is 10.1 Å². The van der Waals surface area contributed by atoms with E-state index in [-0.39, 0.29) is 40.1 Å². The Morgan fingerprint density at radius 1 is 1.07 bits per heavy atom. The lowest BCUT2D eigenvalue weighted by atomic mass is 10.2. The molecule has 0 aliphatic carbocycles. The van der Waals surface area contributed by atoms with Crippen molar-refractivity contribution in [2.24, 2.45) is 0 Å².